The molecule has 11 rings (SSSR count). The number of furan rings is 1. The van der Waals surface area contributed by atoms with Gasteiger partial charge in [-0.3, -0.25) is 4.57 Å². The molecular weight excluding hydrogens is 733 g/mol. The van der Waals surface area contributed by atoms with E-state index in [0.29, 0.717) is 5.96 Å². The molecule has 0 atom stereocenters. The molecule has 0 saturated carbocycles. The van der Waals surface area contributed by atoms with Crippen LogP contribution >= 0.6 is 0 Å². The van der Waals surface area contributed by atoms with Gasteiger partial charge in [0.2, 0.25) is 5.96 Å². The molecule has 0 amide bonds. The molecule has 0 radical (unpaired) electrons. The molecular formula is C55H40N4O. The van der Waals surface area contributed by atoms with Crippen LogP contribution in [0.2, 0.25) is 0 Å². The minimum Gasteiger partial charge on any atom is -0.455 e. The second-order valence-corrected chi connectivity index (χ2v) is 15.2. The van der Waals surface area contributed by atoms with Crippen LogP contribution in [0, 0.1) is 0 Å². The maximum Gasteiger partial charge on any atom is 0.235 e. The summed E-state index contributed by atoms with van der Waals surface area (Å²) < 4.78 is 11.2. The SMILES string of the molecule is CC/C=C(/N=C(\N=C(/C)c1ccccc1)n1c2ccccc2c2c3c4ccccc4n(-c4ccc(-c5ccccc5)cc4)c3ccc21)c1cccc2c1oc1ccccc12. The molecule has 5 nitrogen and oxygen atoms in total. The van der Waals surface area contributed by atoms with Crippen LogP contribution in [0.25, 0.3) is 88.1 Å². The third kappa shape index (κ3) is 5.77. The first kappa shape index (κ1) is 35.4. The smallest absolute Gasteiger partial charge is 0.235 e. The Morgan fingerprint density at radius 3 is 1.88 bits per heavy atom. The van der Waals surface area contributed by atoms with Gasteiger partial charge in [-0.2, -0.15) is 0 Å². The highest BCUT2D eigenvalue weighted by Gasteiger charge is 2.23. The Morgan fingerprint density at radius 2 is 1.12 bits per heavy atom. The molecule has 11 aromatic rings. The minimum absolute atomic E-state index is 0.579. The van der Waals surface area contributed by atoms with Crippen molar-refractivity contribution in [1.29, 1.82) is 0 Å². The number of nitrogens with zero attached hydrogens (tertiary/aromatic N) is 4. The summed E-state index contributed by atoms with van der Waals surface area (Å²) in [6, 6.07) is 66.3. The highest BCUT2D eigenvalue weighted by Crippen LogP contribution is 2.42. The van der Waals surface area contributed by atoms with Crippen LogP contribution in [-0.4, -0.2) is 20.8 Å². The van der Waals surface area contributed by atoms with E-state index in [1.165, 1.54) is 27.3 Å². The van der Waals surface area contributed by atoms with Crippen molar-refractivity contribution < 1.29 is 4.42 Å². The van der Waals surface area contributed by atoms with Crippen LogP contribution in [0.15, 0.2) is 209 Å². The van der Waals surface area contributed by atoms with Gasteiger partial charge < -0.3 is 8.98 Å². The van der Waals surface area contributed by atoms with Crippen LogP contribution in [0.1, 0.15) is 31.4 Å². The van der Waals surface area contributed by atoms with Gasteiger partial charge in [0.05, 0.1) is 27.8 Å². The largest absolute Gasteiger partial charge is 0.455 e. The maximum absolute atomic E-state index is 6.58. The van der Waals surface area contributed by atoms with Crippen molar-refractivity contribution in [1.82, 2.24) is 9.13 Å². The van der Waals surface area contributed by atoms with Gasteiger partial charge in [0.25, 0.3) is 0 Å². The normalized spacial score (nSPS) is 12.9. The first-order chi connectivity index (χ1) is 29.7. The molecule has 0 aliphatic carbocycles. The molecule has 0 spiro atoms. The Bertz CT molecular complexity index is 3510. The topological polar surface area (TPSA) is 47.7 Å². The number of aromatic nitrogens is 2. The van der Waals surface area contributed by atoms with Crippen molar-refractivity contribution in [3.8, 4) is 16.8 Å². The zero-order valence-corrected chi connectivity index (χ0v) is 33.4. The van der Waals surface area contributed by atoms with Crippen molar-refractivity contribution in [3.63, 3.8) is 0 Å². The van der Waals surface area contributed by atoms with E-state index in [2.05, 4.69) is 199 Å². The number of hydrogen-bond acceptors (Lipinski definition) is 2. The van der Waals surface area contributed by atoms with Crippen molar-refractivity contribution in [2.45, 2.75) is 20.3 Å². The van der Waals surface area contributed by atoms with E-state index in [1.807, 2.05) is 18.2 Å². The van der Waals surface area contributed by atoms with E-state index in [4.69, 9.17) is 14.4 Å². The molecule has 0 unspecified atom stereocenters. The Morgan fingerprint density at radius 1 is 0.517 bits per heavy atom. The molecule has 0 N–H and O–H groups in total. The van der Waals surface area contributed by atoms with Crippen molar-refractivity contribution in [2.75, 3.05) is 0 Å². The van der Waals surface area contributed by atoms with E-state index in [9.17, 15) is 0 Å². The lowest BCUT2D eigenvalue weighted by Crippen LogP contribution is -2.12. The predicted octanol–water partition coefficient (Wildman–Crippen LogP) is 14.6. The molecule has 0 aliphatic heterocycles. The van der Waals surface area contributed by atoms with Crippen LogP contribution in [-0.2, 0) is 0 Å². The lowest BCUT2D eigenvalue weighted by Gasteiger charge is -2.12. The second-order valence-electron chi connectivity index (χ2n) is 15.2. The Balaban J connectivity index is 1.18. The summed E-state index contributed by atoms with van der Waals surface area (Å²) in [5.41, 5.74) is 13.2. The average Bonchev–Trinajstić information content (AvgIpc) is 3.97. The van der Waals surface area contributed by atoms with Gasteiger partial charge in [0.1, 0.15) is 11.2 Å². The minimum atomic E-state index is 0.579. The third-order valence-corrected chi connectivity index (χ3v) is 11.7. The molecule has 0 aliphatic rings. The molecule has 286 valence electrons. The van der Waals surface area contributed by atoms with Gasteiger partial charge in [0.15, 0.2) is 0 Å². The zero-order valence-electron chi connectivity index (χ0n) is 33.4. The van der Waals surface area contributed by atoms with Crippen molar-refractivity contribution in [2.24, 2.45) is 9.98 Å². The van der Waals surface area contributed by atoms with Gasteiger partial charge >= 0.3 is 0 Å². The van der Waals surface area contributed by atoms with Crippen LogP contribution in [0.5, 0.6) is 0 Å². The summed E-state index contributed by atoms with van der Waals surface area (Å²) in [6.07, 6.45) is 2.96. The fraction of sp³-hybridized carbons (Fsp3) is 0.0545. The molecule has 0 bridgehead atoms. The van der Waals surface area contributed by atoms with Crippen molar-refractivity contribution in [3.05, 3.63) is 205 Å². The summed E-state index contributed by atoms with van der Waals surface area (Å²) >= 11 is 0. The number of fused-ring (bicyclic) bond motifs is 10. The fourth-order valence-corrected chi connectivity index (χ4v) is 8.93. The lowest BCUT2D eigenvalue weighted by atomic mass is 10.1. The summed E-state index contributed by atoms with van der Waals surface area (Å²) in [7, 11) is 0. The average molecular weight is 773 g/mol. The quantitative estimate of drug-likeness (QED) is 0.123. The highest BCUT2D eigenvalue weighted by molar-refractivity contribution is 6.30. The molecule has 3 heterocycles. The Kier molecular flexibility index (Phi) is 8.59. The number of aliphatic imine (C=N–C) groups is 2. The lowest BCUT2D eigenvalue weighted by molar-refractivity contribution is 0.667. The Hall–Kier alpha value is -7.76. The van der Waals surface area contributed by atoms with E-state index >= 15 is 0 Å². The monoisotopic (exact) mass is 772 g/mol. The molecule has 60 heavy (non-hydrogen) atoms. The number of hydrogen-bond donors (Lipinski definition) is 0. The van der Waals surface area contributed by atoms with Crippen molar-refractivity contribution >= 4 is 82.9 Å². The fourth-order valence-electron chi connectivity index (χ4n) is 8.93. The molecule has 0 saturated heterocycles. The number of allylic oxidation sites excluding steroid dienone is 1. The second kappa shape index (κ2) is 14.6. The highest BCUT2D eigenvalue weighted by atomic mass is 16.3. The number of para-hydroxylation sites is 4. The van der Waals surface area contributed by atoms with E-state index < -0.39 is 0 Å². The van der Waals surface area contributed by atoms with Gasteiger partial charge in [0, 0.05) is 49.3 Å². The van der Waals surface area contributed by atoms with Gasteiger partial charge in [-0.05, 0) is 78.6 Å². The summed E-state index contributed by atoms with van der Waals surface area (Å²) in [4.78, 5) is 11.0. The van der Waals surface area contributed by atoms with Crippen LogP contribution in [0.3, 0.4) is 0 Å². The van der Waals surface area contributed by atoms with E-state index in [-0.39, 0.29) is 0 Å². The zero-order chi connectivity index (χ0) is 40.2. The number of rotatable bonds is 6. The van der Waals surface area contributed by atoms with Crippen LogP contribution in [0.4, 0.5) is 0 Å². The molecule has 0 fully saturated rings. The van der Waals surface area contributed by atoms with E-state index in [1.54, 1.807) is 0 Å². The summed E-state index contributed by atoms with van der Waals surface area (Å²) in [6.45, 7) is 4.21. The van der Waals surface area contributed by atoms with Gasteiger partial charge in [-0.25, -0.2) is 9.98 Å². The van der Waals surface area contributed by atoms with Crippen LogP contribution < -0.4 is 0 Å². The summed E-state index contributed by atoms with van der Waals surface area (Å²) in [5, 5.41) is 6.85. The standard InChI is InChI=1S/C55H40N4O/c1-3-17-46(43-26-16-25-42-41-22-12-15-29-51(41)60-54(42)43)57-55(56-36(2)37-18-6-4-7-19-37)59-48-28-14-11-24-45(48)53-50(59)35-34-49-52(53)44-23-10-13-27-47(44)58(49)40-32-30-39(31-33-40)38-20-8-5-9-21-38/h4-35H,3H2,1-2H3/b46-17+,56-36+,57-55+. The third-order valence-electron chi connectivity index (χ3n) is 11.7. The van der Waals surface area contributed by atoms with Gasteiger partial charge in [-0.15, -0.1) is 0 Å². The number of benzene rings is 8. The predicted molar refractivity (Wildman–Crippen MR) is 253 cm³/mol. The molecule has 3 aromatic heterocycles. The summed E-state index contributed by atoms with van der Waals surface area (Å²) in [5.74, 6) is 0.579. The molecule has 8 aromatic carbocycles. The first-order valence-corrected chi connectivity index (χ1v) is 20.6. The Labute approximate surface area is 347 Å². The maximum atomic E-state index is 6.58. The van der Waals surface area contributed by atoms with Gasteiger partial charge in [-0.1, -0.05) is 153 Å². The van der Waals surface area contributed by atoms with E-state index in [0.717, 1.165) is 84.0 Å². The first-order valence-electron chi connectivity index (χ1n) is 20.6. The molecule has 5 heteroatoms.